The lowest BCUT2D eigenvalue weighted by Gasteiger charge is -2.21. The van der Waals surface area contributed by atoms with E-state index in [2.05, 4.69) is 5.32 Å². The molecule has 0 radical (unpaired) electrons. The van der Waals surface area contributed by atoms with Gasteiger partial charge in [0, 0.05) is 12.7 Å². The molecule has 0 bridgehead atoms. The van der Waals surface area contributed by atoms with Crippen LogP contribution in [0.2, 0.25) is 0 Å². The van der Waals surface area contributed by atoms with Gasteiger partial charge >= 0.3 is 0 Å². The minimum absolute atomic E-state index is 0.225. The molecule has 0 spiro atoms. The molecule has 1 atom stereocenters. The van der Waals surface area contributed by atoms with Gasteiger partial charge in [0.25, 0.3) is 15.9 Å². The minimum atomic E-state index is -3.67. The molecule has 0 aliphatic heterocycles. The van der Waals surface area contributed by atoms with Gasteiger partial charge in [0.05, 0.1) is 10.6 Å². The predicted molar refractivity (Wildman–Crippen MR) is 128 cm³/mol. The van der Waals surface area contributed by atoms with Crippen LogP contribution in [0.15, 0.2) is 71.6 Å². The van der Waals surface area contributed by atoms with Gasteiger partial charge < -0.3 is 10.1 Å². The van der Waals surface area contributed by atoms with Gasteiger partial charge in [-0.3, -0.25) is 9.10 Å². The largest absolute Gasteiger partial charge is 0.481 e. The Bertz CT molecular complexity index is 1180. The number of rotatable bonds is 7. The third kappa shape index (κ3) is 5.11. The van der Waals surface area contributed by atoms with E-state index in [9.17, 15) is 13.2 Å². The number of carbonyl (C=O) groups excluding carboxylic acids is 1. The van der Waals surface area contributed by atoms with E-state index in [1.807, 2.05) is 39.0 Å². The Morgan fingerprint density at radius 2 is 1.47 bits per heavy atom. The first-order valence-corrected chi connectivity index (χ1v) is 11.7. The van der Waals surface area contributed by atoms with Gasteiger partial charge in [0.1, 0.15) is 5.75 Å². The molecule has 32 heavy (non-hydrogen) atoms. The highest BCUT2D eigenvalue weighted by molar-refractivity contribution is 7.92. The third-order valence-electron chi connectivity index (χ3n) is 5.29. The number of amides is 1. The molecule has 6 nitrogen and oxygen atoms in total. The molecule has 0 aromatic heterocycles. The highest BCUT2D eigenvalue weighted by Crippen LogP contribution is 2.25. The van der Waals surface area contributed by atoms with Crippen molar-refractivity contribution in [1.82, 2.24) is 0 Å². The second-order valence-electron chi connectivity index (χ2n) is 7.80. The topological polar surface area (TPSA) is 75.7 Å². The van der Waals surface area contributed by atoms with Crippen molar-refractivity contribution in [2.24, 2.45) is 0 Å². The summed E-state index contributed by atoms with van der Waals surface area (Å²) >= 11 is 0. The van der Waals surface area contributed by atoms with Gasteiger partial charge in [-0.05, 0) is 75.2 Å². The zero-order valence-corrected chi connectivity index (χ0v) is 19.7. The Hall–Kier alpha value is -3.32. The van der Waals surface area contributed by atoms with E-state index in [0.29, 0.717) is 11.4 Å². The molecule has 0 fully saturated rings. The van der Waals surface area contributed by atoms with Crippen LogP contribution >= 0.6 is 0 Å². The number of para-hydroxylation sites is 1. The minimum Gasteiger partial charge on any atom is -0.481 e. The molecule has 0 aliphatic rings. The standard InChI is InChI=1S/C25H28N2O4S/c1-17-9-15-23(16-10-17)32(29,30)27(5)21-11-13-22(14-12-21)31-20(4)25(28)26-24-18(2)7-6-8-19(24)3/h6-16,20H,1-5H3,(H,26,28). The van der Waals surface area contributed by atoms with Gasteiger partial charge in [-0.2, -0.15) is 0 Å². The SMILES string of the molecule is Cc1ccc(S(=O)(=O)N(C)c2ccc(OC(C)C(=O)Nc3c(C)cccc3C)cc2)cc1. The fraction of sp³-hybridized carbons (Fsp3) is 0.240. The molecular weight excluding hydrogens is 424 g/mol. The van der Waals surface area contributed by atoms with Crippen molar-refractivity contribution in [2.75, 3.05) is 16.7 Å². The first kappa shape index (κ1) is 23.3. The zero-order valence-electron chi connectivity index (χ0n) is 18.9. The fourth-order valence-electron chi connectivity index (χ4n) is 3.24. The molecule has 168 valence electrons. The lowest BCUT2D eigenvalue weighted by atomic mass is 10.1. The van der Waals surface area contributed by atoms with Crippen molar-refractivity contribution in [3.05, 3.63) is 83.4 Å². The van der Waals surface area contributed by atoms with Crippen LogP contribution < -0.4 is 14.4 Å². The van der Waals surface area contributed by atoms with Gasteiger partial charge in [0.2, 0.25) is 0 Å². The van der Waals surface area contributed by atoms with Crippen molar-refractivity contribution >= 4 is 27.3 Å². The van der Waals surface area contributed by atoms with Gasteiger partial charge in [0.15, 0.2) is 6.10 Å². The number of ether oxygens (including phenoxy) is 1. The van der Waals surface area contributed by atoms with E-state index in [1.165, 1.54) is 11.4 Å². The number of sulfonamides is 1. The molecule has 3 rings (SSSR count). The van der Waals surface area contributed by atoms with Crippen LogP contribution in [0.4, 0.5) is 11.4 Å². The smallest absolute Gasteiger partial charge is 0.265 e. The molecule has 0 heterocycles. The molecular formula is C25H28N2O4S. The number of benzene rings is 3. The number of carbonyl (C=O) groups is 1. The summed E-state index contributed by atoms with van der Waals surface area (Å²) in [4.78, 5) is 12.8. The predicted octanol–water partition coefficient (Wildman–Crippen LogP) is 4.84. The van der Waals surface area contributed by atoms with E-state index < -0.39 is 16.1 Å². The average molecular weight is 453 g/mol. The summed E-state index contributed by atoms with van der Waals surface area (Å²) in [6.07, 6.45) is -0.728. The summed E-state index contributed by atoms with van der Waals surface area (Å²) in [5, 5.41) is 2.92. The summed E-state index contributed by atoms with van der Waals surface area (Å²) in [5.74, 6) is 0.213. The van der Waals surface area contributed by atoms with Crippen molar-refractivity contribution in [3.63, 3.8) is 0 Å². The molecule has 1 N–H and O–H groups in total. The van der Waals surface area contributed by atoms with Crippen LogP contribution in [0.1, 0.15) is 23.6 Å². The summed E-state index contributed by atoms with van der Waals surface area (Å²) in [7, 11) is -2.17. The van der Waals surface area contributed by atoms with Gasteiger partial charge in [-0.25, -0.2) is 8.42 Å². The molecule has 1 amide bonds. The Morgan fingerprint density at radius 1 is 0.906 bits per heavy atom. The van der Waals surface area contributed by atoms with E-state index >= 15 is 0 Å². The normalized spacial score (nSPS) is 12.2. The Kier molecular flexibility index (Phi) is 6.89. The van der Waals surface area contributed by atoms with Crippen molar-refractivity contribution in [1.29, 1.82) is 0 Å². The van der Waals surface area contributed by atoms with E-state index in [-0.39, 0.29) is 10.8 Å². The highest BCUT2D eigenvalue weighted by atomic mass is 32.2. The molecule has 0 saturated carbocycles. The van der Waals surface area contributed by atoms with E-state index in [4.69, 9.17) is 4.74 Å². The number of hydrogen-bond acceptors (Lipinski definition) is 4. The zero-order chi connectivity index (χ0) is 23.5. The van der Waals surface area contributed by atoms with Crippen molar-refractivity contribution in [2.45, 2.75) is 38.7 Å². The summed E-state index contributed by atoms with van der Waals surface area (Å²) in [5.41, 5.74) is 4.22. The van der Waals surface area contributed by atoms with E-state index in [0.717, 1.165) is 22.4 Å². The Morgan fingerprint density at radius 3 is 2.03 bits per heavy atom. The van der Waals surface area contributed by atoms with Crippen LogP contribution in [-0.4, -0.2) is 27.5 Å². The number of hydrogen-bond donors (Lipinski definition) is 1. The third-order valence-corrected chi connectivity index (χ3v) is 7.09. The molecule has 0 aliphatic carbocycles. The van der Waals surface area contributed by atoms with Crippen molar-refractivity contribution < 1.29 is 17.9 Å². The first-order valence-electron chi connectivity index (χ1n) is 10.3. The average Bonchev–Trinajstić information content (AvgIpc) is 2.76. The molecule has 1 unspecified atom stereocenters. The van der Waals surface area contributed by atoms with Crippen LogP contribution in [0.5, 0.6) is 5.75 Å². The number of nitrogens with one attached hydrogen (secondary N) is 1. The van der Waals surface area contributed by atoms with Crippen LogP contribution in [-0.2, 0) is 14.8 Å². The van der Waals surface area contributed by atoms with Crippen molar-refractivity contribution in [3.8, 4) is 5.75 Å². The van der Waals surface area contributed by atoms with Crippen LogP contribution in [0, 0.1) is 20.8 Å². The second-order valence-corrected chi connectivity index (χ2v) is 9.76. The number of nitrogens with zero attached hydrogens (tertiary/aromatic N) is 1. The fourth-order valence-corrected chi connectivity index (χ4v) is 4.43. The molecule has 3 aromatic carbocycles. The molecule has 0 saturated heterocycles. The molecule has 3 aromatic rings. The lowest BCUT2D eigenvalue weighted by molar-refractivity contribution is -0.122. The number of aryl methyl sites for hydroxylation is 3. The Labute approximate surface area is 189 Å². The lowest BCUT2D eigenvalue weighted by Crippen LogP contribution is -2.30. The summed E-state index contributed by atoms with van der Waals surface area (Å²) < 4.78 is 32.7. The summed E-state index contributed by atoms with van der Waals surface area (Å²) in [6, 6.07) is 19.1. The van der Waals surface area contributed by atoms with Gasteiger partial charge in [-0.1, -0.05) is 35.9 Å². The Balaban J connectivity index is 1.68. The number of anilines is 2. The quantitative estimate of drug-likeness (QED) is 0.556. The monoisotopic (exact) mass is 452 g/mol. The second kappa shape index (κ2) is 9.44. The highest BCUT2D eigenvalue weighted by Gasteiger charge is 2.22. The van der Waals surface area contributed by atoms with Gasteiger partial charge in [-0.15, -0.1) is 0 Å². The van der Waals surface area contributed by atoms with E-state index in [1.54, 1.807) is 55.5 Å². The van der Waals surface area contributed by atoms with Crippen LogP contribution in [0.3, 0.4) is 0 Å². The first-order chi connectivity index (χ1) is 15.1. The maximum atomic E-state index is 12.9. The summed E-state index contributed by atoms with van der Waals surface area (Å²) in [6.45, 7) is 7.45. The molecule has 7 heteroatoms. The maximum Gasteiger partial charge on any atom is 0.265 e. The van der Waals surface area contributed by atoms with Crippen LogP contribution in [0.25, 0.3) is 0 Å². The maximum absolute atomic E-state index is 12.9.